The molecule has 0 spiro atoms. The van der Waals surface area contributed by atoms with Crippen molar-refractivity contribution in [3.63, 3.8) is 0 Å². The van der Waals surface area contributed by atoms with Gasteiger partial charge in [-0.25, -0.2) is 13.2 Å². The van der Waals surface area contributed by atoms with Gasteiger partial charge in [-0.3, -0.25) is 4.79 Å². The van der Waals surface area contributed by atoms with Gasteiger partial charge in [0.25, 0.3) is 0 Å². The van der Waals surface area contributed by atoms with Crippen LogP contribution in [0.25, 0.3) is 0 Å². The molecule has 0 aliphatic heterocycles. The van der Waals surface area contributed by atoms with E-state index in [4.69, 9.17) is 16.7 Å². The molecule has 116 valence electrons. The van der Waals surface area contributed by atoms with Gasteiger partial charge < -0.3 is 10.4 Å². The standard InChI is InChI=1S/C13H16ClNO5S/c1-3-8(2)15-12(16)7-21(19,20)11-6-9(13(17)18)4-5-10(11)14/h4-6,8H,3,7H2,1-2H3,(H,15,16)(H,17,18). The van der Waals surface area contributed by atoms with Gasteiger partial charge >= 0.3 is 5.97 Å². The third-order valence-electron chi connectivity index (χ3n) is 2.85. The maximum Gasteiger partial charge on any atom is 0.335 e. The second-order valence-corrected chi connectivity index (χ2v) is 6.95. The number of carboxylic acids is 1. The quantitative estimate of drug-likeness (QED) is 0.825. The van der Waals surface area contributed by atoms with Gasteiger partial charge in [0.15, 0.2) is 9.84 Å². The summed E-state index contributed by atoms with van der Waals surface area (Å²) < 4.78 is 24.3. The third-order valence-corrected chi connectivity index (χ3v) is 4.95. The predicted octanol–water partition coefficient (Wildman–Crippen LogP) is 1.73. The van der Waals surface area contributed by atoms with E-state index < -0.39 is 27.5 Å². The Kier molecular flexibility index (Phi) is 5.74. The number of amides is 1. The van der Waals surface area contributed by atoms with Gasteiger partial charge in [0.05, 0.1) is 15.5 Å². The summed E-state index contributed by atoms with van der Waals surface area (Å²) in [4.78, 5) is 22.2. The second-order valence-electron chi connectivity index (χ2n) is 4.59. The molecule has 6 nitrogen and oxygen atoms in total. The van der Waals surface area contributed by atoms with Gasteiger partial charge in [-0.1, -0.05) is 18.5 Å². The molecule has 2 N–H and O–H groups in total. The topological polar surface area (TPSA) is 101 Å². The number of sulfone groups is 1. The zero-order chi connectivity index (χ0) is 16.2. The largest absolute Gasteiger partial charge is 0.478 e. The number of hydrogen-bond acceptors (Lipinski definition) is 4. The molecular weight excluding hydrogens is 318 g/mol. The number of rotatable bonds is 6. The summed E-state index contributed by atoms with van der Waals surface area (Å²) in [6, 6.07) is 3.19. The highest BCUT2D eigenvalue weighted by Crippen LogP contribution is 2.24. The molecule has 0 bridgehead atoms. The Morgan fingerprint density at radius 3 is 2.52 bits per heavy atom. The average Bonchev–Trinajstić information content (AvgIpc) is 2.37. The van der Waals surface area contributed by atoms with Crippen molar-refractivity contribution in [2.75, 3.05) is 5.75 Å². The number of halogens is 1. The van der Waals surface area contributed by atoms with Crippen molar-refractivity contribution in [3.05, 3.63) is 28.8 Å². The first-order valence-electron chi connectivity index (χ1n) is 6.22. The van der Waals surface area contributed by atoms with Crippen LogP contribution in [0.15, 0.2) is 23.1 Å². The normalized spacial score (nSPS) is 12.7. The molecule has 0 aromatic heterocycles. The number of nitrogens with one attached hydrogen (secondary N) is 1. The van der Waals surface area contributed by atoms with Gasteiger partial charge in [0, 0.05) is 6.04 Å². The van der Waals surface area contributed by atoms with E-state index >= 15 is 0 Å². The molecule has 1 rings (SSSR count). The molecule has 0 aliphatic carbocycles. The van der Waals surface area contributed by atoms with E-state index in [9.17, 15) is 18.0 Å². The number of hydrogen-bond donors (Lipinski definition) is 2. The second kappa shape index (κ2) is 6.91. The fourth-order valence-electron chi connectivity index (χ4n) is 1.54. The lowest BCUT2D eigenvalue weighted by Crippen LogP contribution is -2.36. The van der Waals surface area contributed by atoms with Crippen LogP contribution in [0.2, 0.25) is 5.02 Å². The minimum atomic E-state index is -4.01. The van der Waals surface area contributed by atoms with Crippen molar-refractivity contribution < 1.29 is 23.1 Å². The molecule has 0 heterocycles. The molecule has 8 heteroatoms. The van der Waals surface area contributed by atoms with Gasteiger partial charge in [-0.05, 0) is 31.5 Å². The zero-order valence-electron chi connectivity index (χ0n) is 11.6. The lowest BCUT2D eigenvalue weighted by molar-refractivity contribution is -0.119. The molecule has 1 amide bonds. The zero-order valence-corrected chi connectivity index (χ0v) is 13.2. The van der Waals surface area contributed by atoms with Crippen LogP contribution >= 0.6 is 11.6 Å². The van der Waals surface area contributed by atoms with Crippen molar-refractivity contribution >= 4 is 33.3 Å². The Morgan fingerprint density at radius 2 is 2.00 bits per heavy atom. The Hall–Kier alpha value is -1.60. The van der Waals surface area contributed by atoms with Crippen LogP contribution in [0.1, 0.15) is 30.6 Å². The molecule has 0 radical (unpaired) electrons. The van der Waals surface area contributed by atoms with Crippen LogP contribution in [0, 0.1) is 0 Å². The van der Waals surface area contributed by atoms with E-state index in [1.54, 1.807) is 6.92 Å². The van der Waals surface area contributed by atoms with E-state index in [0.717, 1.165) is 6.07 Å². The Labute approximate surface area is 128 Å². The third kappa shape index (κ3) is 4.71. The molecule has 0 aliphatic rings. The highest BCUT2D eigenvalue weighted by atomic mass is 35.5. The van der Waals surface area contributed by atoms with Gasteiger partial charge in [0.1, 0.15) is 5.75 Å². The van der Waals surface area contributed by atoms with Gasteiger partial charge in [-0.15, -0.1) is 0 Å². The molecular formula is C13H16ClNO5S. The fraction of sp³-hybridized carbons (Fsp3) is 0.385. The summed E-state index contributed by atoms with van der Waals surface area (Å²) in [6.45, 7) is 3.61. The lowest BCUT2D eigenvalue weighted by Gasteiger charge is -2.12. The molecule has 21 heavy (non-hydrogen) atoms. The smallest absolute Gasteiger partial charge is 0.335 e. The maximum atomic E-state index is 12.2. The maximum absolute atomic E-state index is 12.2. The Bertz CT molecular complexity index is 657. The number of benzene rings is 1. The number of carbonyl (C=O) groups excluding carboxylic acids is 1. The fourth-order valence-corrected chi connectivity index (χ4v) is 3.27. The lowest BCUT2D eigenvalue weighted by atomic mass is 10.2. The minimum absolute atomic E-state index is 0.115. The first kappa shape index (κ1) is 17.5. The van der Waals surface area contributed by atoms with Gasteiger partial charge in [0.2, 0.25) is 5.91 Å². The van der Waals surface area contributed by atoms with Crippen LogP contribution in [0.3, 0.4) is 0 Å². The predicted molar refractivity (Wildman–Crippen MR) is 78.4 cm³/mol. The average molecular weight is 334 g/mol. The SMILES string of the molecule is CCC(C)NC(=O)CS(=O)(=O)c1cc(C(=O)O)ccc1Cl. The Balaban J connectivity index is 3.05. The summed E-state index contributed by atoms with van der Waals surface area (Å²) >= 11 is 5.80. The van der Waals surface area contributed by atoms with E-state index in [-0.39, 0.29) is 21.5 Å². The molecule has 1 aromatic carbocycles. The minimum Gasteiger partial charge on any atom is -0.478 e. The molecule has 1 unspecified atom stereocenters. The molecule has 1 aromatic rings. The molecule has 0 saturated heterocycles. The molecule has 0 saturated carbocycles. The molecule has 1 atom stereocenters. The first-order chi connectivity index (χ1) is 9.67. The summed E-state index contributed by atoms with van der Waals surface area (Å²) in [5.41, 5.74) is -0.208. The number of carboxylic acid groups (broad SMARTS) is 1. The van der Waals surface area contributed by atoms with E-state index in [2.05, 4.69) is 5.32 Å². The number of carbonyl (C=O) groups is 2. The van der Waals surface area contributed by atoms with Crippen molar-refractivity contribution in [1.82, 2.24) is 5.32 Å². The van der Waals surface area contributed by atoms with Gasteiger partial charge in [-0.2, -0.15) is 0 Å². The Morgan fingerprint density at radius 1 is 1.38 bits per heavy atom. The van der Waals surface area contributed by atoms with E-state index in [1.165, 1.54) is 12.1 Å². The van der Waals surface area contributed by atoms with Crippen LogP contribution in [0.4, 0.5) is 0 Å². The van der Waals surface area contributed by atoms with E-state index in [0.29, 0.717) is 6.42 Å². The van der Waals surface area contributed by atoms with Crippen molar-refractivity contribution in [3.8, 4) is 0 Å². The monoisotopic (exact) mass is 333 g/mol. The van der Waals surface area contributed by atoms with Crippen LogP contribution in [-0.2, 0) is 14.6 Å². The van der Waals surface area contributed by atoms with Crippen molar-refractivity contribution in [1.29, 1.82) is 0 Å². The van der Waals surface area contributed by atoms with E-state index in [1.807, 2.05) is 6.92 Å². The van der Waals surface area contributed by atoms with Crippen LogP contribution in [0.5, 0.6) is 0 Å². The summed E-state index contributed by atoms with van der Waals surface area (Å²) in [6.07, 6.45) is 0.668. The molecule has 0 fully saturated rings. The summed E-state index contributed by atoms with van der Waals surface area (Å²) in [5.74, 6) is -2.70. The number of aromatic carboxylic acids is 1. The summed E-state index contributed by atoms with van der Waals surface area (Å²) in [5, 5.41) is 11.3. The first-order valence-corrected chi connectivity index (χ1v) is 8.25. The van der Waals surface area contributed by atoms with Crippen molar-refractivity contribution in [2.24, 2.45) is 0 Å². The summed E-state index contributed by atoms with van der Waals surface area (Å²) in [7, 11) is -4.01. The van der Waals surface area contributed by atoms with Crippen LogP contribution < -0.4 is 5.32 Å². The van der Waals surface area contributed by atoms with Crippen molar-refractivity contribution in [2.45, 2.75) is 31.2 Å². The van der Waals surface area contributed by atoms with Crippen LogP contribution in [-0.4, -0.2) is 37.2 Å². The highest BCUT2D eigenvalue weighted by Gasteiger charge is 2.24. The highest BCUT2D eigenvalue weighted by molar-refractivity contribution is 7.92.